The first-order valence-corrected chi connectivity index (χ1v) is 10.1. The summed E-state index contributed by atoms with van der Waals surface area (Å²) in [6, 6.07) is 0. The van der Waals surface area contributed by atoms with Crippen LogP contribution >= 0.6 is 0 Å². The summed E-state index contributed by atoms with van der Waals surface area (Å²) >= 11 is 0. The van der Waals surface area contributed by atoms with Crippen LogP contribution in [0.5, 0.6) is 0 Å². The molecule has 1 aliphatic heterocycles. The molecule has 0 spiro atoms. The minimum Gasteiger partial charge on any atom is -0.378 e. The highest BCUT2D eigenvalue weighted by Gasteiger charge is 2.14. The lowest BCUT2D eigenvalue weighted by atomic mass is 10.4. The third kappa shape index (κ3) is 3.79. The molecule has 10 heteroatoms. The first-order valence-electron chi connectivity index (χ1n) is 10.1. The summed E-state index contributed by atoms with van der Waals surface area (Å²) in [6.45, 7) is 5.19. The van der Waals surface area contributed by atoms with E-state index in [0.29, 0.717) is 52.6 Å². The van der Waals surface area contributed by atoms with Gasteiger partial charge >= 0.3 is 0 Å². The van der Waals surface area contributed by atoms with E-state index in [1.54, 1.807) is 24.8 Å². The van der Waals surface area contributed by atoms with Crippen molar-refractivity contribution in [1.82, 2.24) is 38.2 Å². The van der Waals surface area contributed by atoms with Crippen LogP contribution < -0.4 is 0 Å². The number of rotatable bonds is 0. The van der Waals surface area contributed by atoms with E-state index in [1.165, 1.54) is 0 Å². The highest BCUT2D eigenvalue weighted by molar-refractivity contribution is 5.45. The summed E-state index contributed by atoms with van der Waals surface area (Å²) in [6.07, 6.45) is 15.0. The minimum absolute atomic E-state index is 0.589. The van der Waals surface area contributed by atoms with Gasteiger partial charge < -0.3 is 27.7 Å². The van der Waals surface area contributed by atoms with Gasteiger partial charge in [-0.15, -0.1) is 0 Å². The van der Waals surface area contributed by atoms with Gasteiger partial charge in [-0.2, -0.15) is 0 Å². The van der Waals surface area contributed by atoms with Crippen LogP contribution in [-0.2, 0) is 35.7 Å². The maximum atomic E-state index is 5.90. The second-order valence-corrected chi connectivity index (χ2v) is 7.00. The van der Waals surface area contributed by atoms with Crippen molar-refractivity contribution in [1.29, 1.82) is 0 Å². The van der Waals surface area contributed by atoms with E-state index in [9.17, 15) is 0 Å². The molecule has 0 saturated carbocycles. The molecule has 1 aliphatic rings. The van der Waals surface area contributed by atoms with Gasteiger partial charge in [0, 0.05) is 75.8 Å². The number of hydrogen-bond donors (Lipinski definition) is 0. The number of fused-ring (bicyclic) bond motifs is 6. The van der Waals surface area contributed by atoms with E-state index in [-0.39, 0.29) is 0 Å². The molecule has 5 rings (SSSR count). The summed E-state index contributed by atoms with van der Waals surface area (Å²) in [4.78, 5) is 18.0. The Hall–Kier alpha value is -3.24. The van der Waals surface area contributed by atoms with Crippen molar-refractivity contribution in [3.8, 4) is 23.3 Å². The van der Waals surface area contributed by atoms with Gasteiger partial charge in [-0.25, -0.2) is 19.9 Å². The summed E-state index contributed by atoms with van der Waals surface area (Å²) in [7, 11) is 0. The minimum atomic E-state index is 0.589. The molecule has 0 saturated heterocycles. The maximum Gasteiger partial charge on any atom is 0.176 e. The molecule has 30 heavy (non-hydrogen) atoms. The number of imidazole rings is 4. The van der Waals surface area contributed by atoms with Crippen molar-refractivity contribution >= 4 is 0 Å². The zero-order valence-corrected chi connectivity index (χ0v) is 16.7. The first-order chi connectivity index (χ1) is 14.9. The van der Waals surface area contributed by atoms with Gasteiger partial charge in [0.1, 0.15) is 0 Å². The molecule has 4 aromatic rings. The van der Waals surface area contributed by atoms with Crippen LogP contribution in [0.4, 0.5) is 0 Å². The van der Waals surface area contributed by atoms with Gasteiger partial charge in [0.15, 0.2) is 23.3 Å². The fourth-order valence-electron chi connectivity index (χ4n) is 3.64. The summed E-state index contributed by atoms with van der Waals surface area (Å²) < 4.78 is 20.1. The van der Waals surface area contributed by atoms with Crippen molar-refractivity contribution in [2.24, 2.45) is 0 Å². The molecule has 0 radical (unpaired) electrons. The van der Waals surface area contributed by atoms with E-state index in [4.69, 9.17) is 9.47 Å². The van der Waals surface area contributed by atoms with Crippen LogP contribution in [-0.4, -0.2) is 64.6 Å². The van der Waals surface area contributed by atoms with Crippen molar-refractivity contribution in [2.75, 3.05) is 26.4 Å². The Bertz CT molecular complexity index is 921. The highest BCUT2D eigenvalue weighted by atomic mass is 16.5. The highest BCUT2D eigenvalue weighted by Crippen LogP contribution is 2.17. The predicted octanol–water partition coefficient (Wildman–Crippen LogP) is 1.55. The largest absolute Gasteiger partial charge is 0.378 e. The molecule has 4 aromatic heterocycles. The molecule has 0 atom stereocenters. The molecule has 0 unspecified atom stereocenters. The Labute approximate surface area is 173 Å². The lowest BCUT2D eigenvalue weighted by Gasteiger charge is -2.13. The van der Waals surface area contributed by atoms with Crippen LogP contribution in [0.2, 0.25) is 0 Å². The molecule has 10 nitrogen and oxygen atoms in total. The van der Waals surface area contributed by atoms with Crippen LogP contribution in [0, 0.1) is 0 Å². The molecule has 0 aromatic carbocycles. The average Bonchev–Trinajstić information content (AvgIpc) is 3.53. The number of ether oxygens (including phenoxy) is 2. The van der Waals surface area contributed by atoms with E-state index in [2.05, 4.69) is 38.2 Å². The zero-order valence-electron chi connectivity index (χ0n) is 16.7. The second kappa shape index (κ2) is 8.64. The van der Waals surface area contributed by atoms with Gasteiger partial charge in [-0.3, -0.25) is 0 Å². The van der Waals surface area contributed by atoms with Crippen LogP contribution in [0.15, 0.2) is 49.6 Å². The molecule has 0 fully saturated rings. The third-order valence-corrected chi connectivity index (χ3v) is 5.17. The van der Waals surface area contributed by atoms with Crippen LogP contribution in [0.3, 0.4) is 0 Å². The predicted molar refractivity (Wildman–Crippen MR) is 109 cm³/mol. The Morgan fingerprint density at radius 1 is 0.467 bits per heavy atom. The molecule has 5 heterocycles. The molecule has 0 N–H and O–H groups in total. The average molecular weight is 408 g/mol. The number of nitrogens with zero attached hydrogens (tertiary/aromatic N) is 8. The molecule has 0 aliphatic carbocycles. The molecular weight excluding hydrogens is 384 g/mol. The molecule has 0 amide bonds. The van der Waals surface area contributed by atoms with Crippen molar-refractivity contribution in [3.63, 3.8) is 0 Å². The summed E-state index contributed by atoms with van der Waals surface area (Å²) in [5.41, 5.74) is 0. The number of hydrogen-bond acceptors (Lipinski definition) is 6. The maximum absolute atomic E-state index is 5.90. The monoisotopic (exact) mass is 408 g/mol. The van der Waals surface area contributed by atoms with E-state index < -0.39 is 0 Å². The Morgan fingerprint density at radius 2 is 0.733 bits per heavy atom. The van der Waals surface area contributed by atoms with Crippen LogP contribution in [0.25, 0.3) is 23.3 Å². The zero-order chi connectivity index (χ0) is 20.2. The standard InChI is InChI=1S/C20H24N8O2/c1-5-25-9-13-29-15-11-27-7-3-23-19(27)20-24-4-8-28(20)12-16-30-14-10-26-6-2-22-18(26)17(25)21-1/h1-8H,9-16H2. The van der Waals surface area contributed by atoms with E-state index >= 15 is 0 Å². The summed E-state index contributed by atoms with van der Waals surface area (Å²) in [5, 5.41) is 0. The SMILES string of the molecule is c1cn2c(n1)-c1nccn1CCOCCn1ccnc1-c1nccn1CCOCC2. The van der Waals surface area contributed by atoms with Gasteiger partial charge in [-0.1, -0.05) is 0 Å². The topological polar surface area (TPSA) is 89.7 Å². The normalized spacial score (nSPS) is 16.0. The van der Waals surface area contributed by atoms with Crippen molar-refractivity contribution in [3.05, 3.63) is 49.6 Å². The Balaban J connectivity index is 1.37. The molecule has 0 bridgehead atoms. The first kappa shape index (κ1) is 18.8. The van der Waals surface area contributed by atoms with Crippen LogP contribution in [0.1, 0.15) is 0 Å². The Morgan fingerprint density at radius 3 is 1.00 bits per heavy atom. The molecular formula is C20H24N8O2. The molecule has 156 valence electrons. The fourth-order valence-corrected chi connectivity index (χ4v) is 3.64. The number of aromatic nitrogens is 8. The van der Waals surface area contributed by atoms with E-state index in [1.807, 2.05) is 24.8 Å². The smallest absolute Gasteiger partial charge is 0.176 e. The second-order valence-electron chi connectivity index (χ2n) is 7.00. The van der Waals surface area contributed by atoms with Gasteiger partial charge in [0.05, 0.1) is 26.4 Å². The fraction of sp³-hybridized carbons (Fsp3) is 0.400. The Kier molecular flexibility index (Phi) is 5.40. The quantitative estimate of drug-likeness (QED) is 0.439. The lowest BCUT2D eigenvalue weighted by molar-refractivity contribution is 0.117. The third-order valence-electron chi connectivity index (χ3n) is 5.17. The van der Waals surface area contributed by atoms with Gasteiger partial charge in [0.25, 0.3) is 0 Å². The van der Waals surface area contributed by atoms with Gasteiger partial charge in [0.2, 0.25) is 0 Å². The van der Waals surface area contributed by atoms with Crippen molar-refractivity contribution in [2.45, 2.75) is 26.2 Å². The van der Waals surface area contributed by atoms with Gasteiger partial charge in [-0.05, 0) is 0 Å². The van der Waals surface area contributed by atoms with E-state index in [0.717, 1.165) is 23.3 Å². The van der Waals surface area contributed by atoms with Crippen molar-refractivity contribution < 1.29 is 9.47 Å². The summed E-state index contributed by atoms with van der Waals surface area (Å²) in [5.74, 6) is 3.35. The lowest BCUT2D eigenvalue weighted by Crippen LogP contribution is -2.15.